The van der Waals surface area contributed by atoms with Crippen LogP contribution < -0.4 is 10.6 Å². The molecule has 0 bridgehead atoms. The number of hydrogen-bond acceptors (Lipinski definition) is 4. The fourth-order valence-corrected chi connectivity index (χ4v) is 5.81. The van der Waals surface area contributed by atoms with E-state index in [4.69, 9.17) is 9.72 Å². The van der Waals surface area contributed by atoms with Crippen LogP contribution in [0.15, 0.2) is 66.7 Å². The molecule has 2 amide bonds. The normalized spacial score (nSPS) is 14.0. The van der Waals surface area contributed by atoms with E-state index in [0.717, 1.165) is 71.3 Å². The van der Waals surface area contributed by atoms with Crippen LogP contribution in [0.25, 0.3) is 22.2 Å². The molecule has 0 unspecified atom stereocenters. The van der Waals surface area contributed by atoms with Gasteiger partial charge in [-0.05, 0) is 74.9 Å². The predicted octanol–water partition coefficient (Wildman–Crippen LogP) is 8.50. The summed E-state index contributed by atoms with van der Waals surface area (Å²) in [5.74, 6) is 0.688. The fourth-order valence-electron chi connectivity index (χ4n) is 5.81. The van der Waals surface area contributed by atoms with E-state index < -0.39 is 5.60 Å². The Labute approximate surface area is 255 Å². The summed E-state index contributed by atoms with van der Waals surface area (Å²) in [6.07, 6.45) is 8.64. The minimum atomic E-state index is -0.564. The Bertz CT molecular complexity index is 1560. The number of esters is 1. The maximum atomic E-state index is 12.9. The molecule has 0 saturated heterocycles. The summed E-state index contributed by atoms with van der Waals surface area (Å²) in [5.41, 5.74) is 5.48. The first-order valence-electron chi connectivity index (χ1n) is 15.7. The van der Waals surface area contributed by atoms with Gasteiger partial charge in [0.05, 0.1) is 16.8 Å². The number of carbonyl (C=O) groups excluding carboxylic acids is 2. The van der Waals surface area contributed by atoms with Crippen LogP contribution in [0.1, 0.15) is 94.4 Å². The number of aromatic nitrogens is 2. The standard InChI is InChI=1S/C36H44N4O3/c1-5-6-19-32-39-33-30(38-35(42)37-27-13-8-7-9-14-27)17-12-18-31(33)40(32)24-25-20-22-26(23-21-25)28-15-10-11-16-29(28)34(41)43-36(2,3)4/h10-12,15-18,20-23,27H,5-9,13-14,19,24H2,1-4H3,(H2,37,38,42). The van der Waals surface area contributed by atoms with Crippen LogP contribution in [-0.4, -0.2) is 33.2 Å². The minimum absolute atomic E-state index is 0.161. The van der Waals surface area contributed by atoms with E-state index in [1.54, 1.807) is 0 Å². The van der Waals surface area contributed by atoms with Crippen LogP contribution in [0.2, 0.25) is 0 Å². The number of unbranched alkanes of at least 4 members (excludes halogenated alkanes) is 1. The largest absolute Gasteiger partial charge is 0.456 e. The van der Waals surface area contributed by atoms with E-state index in [2.05, 4.69) is 52.5 Å². The Balaban J connectivity index is 1.39. The van der Waals surface area contributed by atoms with Gasteiger partial charge in [-0.2, -0.15) is 0 Å². The molecule has 1 aliphatic carbocycles. The number of fused-ring (bicyclic) bond motifs is 1. The maximum Gasteiger partial charge on any atom is 0.339 e. The number of para-hydroxylation sites is 1. The van der Waals surface area contributed by atoms with Gasteiger partial charge in [-0.25, -0.2) is 14.6 Å². The number of imidazole rings is 1. The van der Waals surface area contributed by atoms with Gasteiger partial charge in [0.25, 0.3) is 0 Å². The van der Waals surface area contributed by atoms with Crippen molar-refractivity contribution in [2.75, 3.05) is 5.32 Å². The Morgan fingerprint density at radius 2 is 1.70 bits per heavy atom. The molecule has 0 spiro atoms. The molecule has 1 fully saturated rings. The van der Waals surface area contributed by atoms with Gasteiger partial charge < -0.3 is 19.9 Å². The predicted molar refractivity (Wildman–Crippen MR) is 174 cm³/mol. The number of ether oxygens (including phenoxy) is 1. The quantitative estimate of drug-likeness (QED) is 0.194. The van der Waals surface area contributed by atoms with Crippen molar-refractivity contribution in [2.24, 2.45) is 0 Å². The molecule has 1 saturated carbocycles. The van der Waals surface area contributed by atoms with E-state index in [0.29, 0.717) is 12.1 Å². The zero-order valence-corrected chi connectivity index (χ0v) is 25.9. The second-order valence-electron chi connectivity index (χ2n) is 12.6. The van der Waals surface area contributed by atoms with Crippen molar-refractivity contribution in [3.63, 3.8) is 0 Å². The maximum absolute atomic E-state index is 12.9. The number of carbonyl (C=O) groups is 2. The number of nitrogens with zero attached hydrogens (tertiary/aromatic N) is 2. The highest BCUT2D eigenvalue weighted by molar-refractivity contribution is 5.99. The van der Waals surface area contributed by atoms with Crippen molar-refractivity contribution in [1.29, 1.82) is 0 Å². The van der Waals surface area contributed by atoms with Gasteiger partial charge in [0.15, 0.2) is 0 Å². The van der Waals surface area contributed by atoms with E-state index >= 15 is 0 Å². The fraction of sp³-hybridized carbons (Fsp3) is 0.417. The third kappa shape index (κ3) is 7.64. The highest BCUT2D eigenvalue weighted by Crippen LogP contribution is 2.29. The first-order valence-corrected chi connectivity index (χ1v) is 15.7. The second-order valence-corrected chi connectivity index (χ2v) is 12.6. The lowest BCUT2D eigenvalue weighted by Gasteiger charge is -2.22. The smallest absolute Gasteiger partial charge is 0.339 e. The number of aryl methyl sites for hydroxylation is 1. The van der Waals surface area contributed by atoms with Gasteiger partial charge in [0.2, 0.25) is 0 Å². The van der Waals surface area contributed by atoms with Gasteiger partial charge in [-0.3, -0.25) is 0 Å². The zero-order valence-electron chi connectivity index (χ0n) is 25.9. The molecule has 7 heteroatoms. The molecule has 0 aliphatic heterocycles. The molecule has 5 rings (SSSR count). The van der Waals surface area contributed by atoms with E-state index in [1.165, 1.54) is 19.3 Å². The van der Waals surface area contributed by atoms with Crippen LogP contribution in [0.3, 0.4) is 0 Å². The number of benzene rings is 3. The lowest BCUT2D eigenvalue weighted by Crippen LogP contribution is -2.39. The number of amides is 2. The molecule has 3 aromatic carbocycles. The highest BCUT2D eigenvalue weighted by Gasteiger charge is 2.21. The van der Waals surface area contributed by atoms with E-state index in [1.807, 2.05) is 57.2 Å². The third-order valence-electron chi connectivity index (χ3n) is 7.95. The molecule has 4 aromatic rings. The molecule has 43 heavy (non-hydrogen) atoms. The number of rotatable bonds is 9. The van der Waals surface area contributed by atoms with Crippen LogP contribution in [0.5, 0.6) is 0 Å². The summed E-state index contributed by atoms with van der Waals surface area (Å²) >= 11 is 0. The third-order valence-corrected chi connectivity index (χ3v) is 7.95. The summed E-state index contributed by atoms with van der Waals surface area (Å²) in [5, 5.41) is 6.24. The van der Waals surface area contributed by atoms with Crippen molar-refractivity contribution >= 4 is 28.7 Å². The monoisotopic (exact) mass is 580 g/mol. The van der Waals surface area contributed by atoms with Crippen molar-refractivity contribution < 1.29 is 14.3 Å². The van der Waals surface area contributed by atoms with Crippen molar-refractivity contribution in [3.8, 4) is 11.1 Å². The second kappa shape index (κ2) is 13.4. The summed E-state index contributed by atoms with van der Waals surface area (Å²) in [7, 11) is 0. The van der Waals surface area contributed by atoms with E-state index in [-0.39, 0.29) is 18.0 Å². The topological polar surface area (TPSA) is 85.3 Å². The molecular weight excluding hydrogens is 536 g/mol. The minimum Gasteiger partial charge on any atom is -0.456 e. The Morgan fingerprint density at radius 3 is 2.42 bits per heavy atom. The van der Waals surface area contributed by atoms with Crippen molar-refractivity contribution in [2.45, 2.75) is 97.2 Å². The molecule has 226 valence electrons. The lowest BCUT2D eigenvalue weighted by molar-refractivity contribution is 0.00704. The first-order chi connectivity index (χ1) is 20.7. The van der Waals surface area contributed by atoms with Crippen molar-refractivity contribution in [3.05, 3.63) is 83.7 Å². The summed E-state index contributed by atoms with van der Waals surface area (Å²) < 4.78 is 7.92. The lowest BCUT2D eigenvalue weighted by atomic mass is 9.96. The SMILES string of the molecule is CCCCc1nc2c(NC(=O)NC3CCCCC3)cccc2n1Cc1ccc(-c2ccccc2C(=O)OC(C)(C)C)cc1. The Hall–Kier alpha value is -4.13. The molecule has 7 nitrogen and oxygen atoms in total. The molecular formula is C36H44N4O3. The van der Waals surface area contributed by atoms with Gasteiger partial charge >= 0.3 is 12.0 Å². The molecule has 1 aromatic heterocycles. The zero-order chi connectivity index (χ0) is 30.4. The molecule has 0 radical (unpaired) electrons. The summed E-state index contributed by atoms with van der Waals surface area (Å²) in [6, 6.07) is 22.0. The molecule has 2 N–H and O–H groups in total. The van der Waals surface area contributed by atoms with Gasteiger partial charge in [0, 0.05) is 19.0 Å². The Kier molecular flexibility index (Phi) is 9.49. The van der Waals surface area contributed by atoms with E-state index in [9.17, 15) is 9.59 Å². The highest BCUT2D eigenvalue weighted by atomic mass is 16.6. The first kappa shape index (κ1) is 30.3. The molecule has 0 atom stereocenters. The van der Waals surface area contributed by atoms with Gasteiger partial charge in [0.1, 0.15) is 16.9 Å². The van der Waals surface area contributed by atoms with Gasteiger partial charge in [-0.15, -0.1) is 0 Å². The summed E-state index contributed by atoms with van der Waals surface area (Å²) in [6.45, 7) is 8.47. The van der Waals surface area contributed by atoms with Crippen LogP contribution in [0.4, 0.5) is 10.5 Å². The number of nitrogens with one attached hydrogen (secondary N) is 2. The van der Waals surface area contributed by atoms with Crippen molar-refractivity contribution in [1.82, 2.24) is 14.9 Å². The van der Waals surface area contributed by atoms with Crippen LogP contribution >= 0.6 is 0 Å². The summed E-state index contributed by atoms with van der Waals surface area (Å²) in [4.78, 5) is 30.8. The molecule has 1 aliphatic rings. The van der Waals surface area contributed by atoms with Crippen LogP contribution in [0, 0.1) is 0 Å². The Morgan fingerprint density at radius 1 is 0.953 bits per heavy atom. The molecule has 1 heterocycles. The van der Waals surface area contributed by atoms with Crippen LogP contribution in [-0.2, 0) is 17.7 Å². The van der Waals surface area contributed by atoms with Gasteiger partial charge in [-0.1, -0.05) is 81.1 Å². The average Bonchev–Trinajstić information content (AvgIpc) is 3.34. The average molecular weight is 581 g/mol. The number of anilines is 1. The number of hydrogen-bond donors (Lipinski definition) is 2. The number of urea groups is 1.